The van der Waals surface area contributed by atoms with Gasteiger partial charge in [0.05, 0.1) is 20.4 Å². The van der Waals surface area contributed by atoms with Crippen molar-refractivity contribution in [2.24, 2.45) is 0 Å². The van der Waals surface area contributed by atoms with E-state index in [0.29, 0.717) is 5.02 Å². The van der Waals surface area contributed by atoms with Crippen molar-refractivity contribution < 1.29 is 9.47 Å². The van der Waals surface area contributed by atoms with Crippen LogP contribution in [0.5, 0.6) is 11.5 Å². The number of rotatable bonds is 5. The first-order valence-electron chi connectivity index (χ1n) is 7.85. The molecule has 1 aromatic heterocycles. The molecule has 1 aliphatic rings. The van der Waals surface area contributed by atoms with E-state index in [1.807, 2.05) is 18.2 Å². The van der Waals surface area contributed by atoms with Crippen LogP contribution in [0, 0.1) is 0 Å². The molecule has 3 rings (SSSR count). The molecule has 128 valence electrons. The highest BCUT2D eigenvalue weighted by Gasteiger charge is 2.21. The molecule has 24 heavy (non-hydrogen) atoms. The van der Waals surface area contributed by atoms with Crippen LogP contribution in [0.25, 0.3) is 0 Å². The lowest BCUT2D eigenvalue weighted by Gasteiger charge is -2.35. The lowest BCUT2D eigenvalue weighted by molar-refractivity contribution is 0.245. The molecule has 0 amide bonds. The highest BCUT2D eigenvalue weighted by atomic mass is 35.5. The SMILES string of the molecule is COc1ccc(OC)c(CN2CCN(c3ncncc3Cl)CC2)c1. The minimum atomic E-state index is 0.598. The third-order valence-electron chi connectivity index (χ3n) is 4.20. The van der Waals surface area contributed by atoms with Gasteiger partial charge < -0.3 is 14.4 Å². The van der Waals surface area contributed by atoms with Gasteiger partial charge in [-0.15, -0.1) is 0 Å². The molecule has 2 heterocycles. The zero-order valence-corrected chi connectivity index (χ0v) is 14.7. The highest BCUT2D eigenvalue weighted by molar-refractivity contribution is 6.32. The molecule has 2 aromatic rings. The van der Waals surface area contributed by atoms with Gasteiger partial charge in [0, 0.05) is 38.3 Å². The summed E-state index contributed by atoms with van der Waals surface area (Å²) in [5.41, 5.74) is 1.13. The normalized spacial score (nSPS) is 15.4. The second-order valence-electron chi connectivity index (χ2n) is 5.64. The molecule has 0 unspecified atom stereocenters. The summed E-state index contributed by atoms with van der Waals surface area (Å²) in [6.45, 7) is 4.44. The minimum absolute atomic E-state index is 0.598. The van der Waals surface area contributed by atoms with Gasteiger partial charge in [0.1, 0.15) is 22.8 Å². The Morgan fingerprint density at radius 3 is 2.58 bits per heavy atom. The largest absolute Gasteiger partial charge is 0.497 e. The van der Waals surface area contributed by atoms with Crippen molar-refractivity contribution in [3.63, 3.8) is 0 Å². The van der Waals surface area contributed by atoms with Gasteiger partial charge in [-0.3, -0.25) is 4.90 Å². The smallest absolute Gasteiger partial charge is 0.150 e. The van der Waals surface area contributed by atoms with Crippen LogP contribution in [-0.2, 0) is 6.54 Å². The van der Waals surface area contributed by atoms with Crippen molar-refractivity contribution in [1.82, 2.24) is 14.9 Å². The van der Waals surface area contributed by atoms with Crippen molar-refractivity contribution >= 4 is 17.4 Å². The van der Waals surface area contributed by atoms with Crippen molar-refractivity contribution in [2.75, 3.05) is 45.3 Å². The Hall–Kier alpha value is -2.05. The maximum Gasteiger partial charge on any atom is 0.150 e. The van der Waals surface area contributed by atoms with E-state index < -0.39 is 0 Å². The topological polar surface area (TPSA) is 50.7 Å². The van der Waals surface area contributed by atoms with E-state index in [1.165, 1.54) is 6.33 Å². The van der Waals surface area contributed by atoms with Crippen LogP contribution in [0.2, 0.25) is 5.02 Å². The number of nitrogens with zero attached hydrogens (tertiary/aromatic N) is 4. The van der Waals surface area contributed by atoms with Gasteiger partial charge in [-0.1, -0.05) is 11.6 Å². The summed E-state index contributed by atoms with van der Waals surface area (Å²) < 4.78 is 10.8. The number of hydrogen-bond donors (Lipinski definition) is 0. The number of anilines is 1. The fourth-order valence-electron chi connectivity index (χ4n) is 2.90. The van der Waals surface area contributed by atoms with Crippen molar-refractivity contribution in [1.29, 1.82) is 0 Å². The van der Waals surface area contributed by atoms with Crippen LogP contribution < -0.4 is 14.4 Å². The fraction of sp³-hybridized carbons (Fsp3) is 0.412. The third kappa shape index (κ3) is 3.71. The quantitative estimate of drug-likeness (QED) is 0.827. The second kappa shape index (κ2) is 7.68. The Morgan fingerprint density at radius 1 is 1.12 bits per heavy atom. The van der Waals surface area contributed by atoms with Crippen LogP contribution in [0.1, 0.15) is 5.56 Å². The molecule has 0 radical (unpaired) electrons. The van der Waals surface area contributed by atoms with E-state index >= 15 is 0 Å². The number of methoxy groups -OCH3 is 2. The fourth-order valence-corrected chi connectivity index (χ4v) is 3.13. The molecule has 0 spiro atoms. The zero-order valence-electron chi connectivity index (χ0n) is 13.9. The number of ether oxygens (including phenoxy) is 2. The summed E-state index contributed by atoms with van der Waals surface area (Å²) in [7, 11) is 3.37. The van der Waals surface area contributed by atoms with E-state index in [0.717, 1.165) is 55.6 Å². The lowest BCUT2D eigenvalue weighted by Crippen LogP contribution is -2.46. The first-order chi connectivity index (χ1) is 11.7. The molecule has 0 saturated carbocycles. The predicted molar refractivity (Wildman–Crippen MR) is 94.1 cm³/mol. The molecule has 1 fully saturated rings. The summed E-state index contributed by atoms with van der Waals surface area (Å²) >= 11 is 6.19. The summed E-state index contributed by atoms with van der Waals surface area (Å²) in [6.07, 6.45) is 3.17. The summed E-state index contributed by atoms with van der Waals surface area (Å²) in [4.78, 5) is 12.8. The van der Waals surface area contributed by atoms with E-state index in [-0.39, 0.29) is 0 Å². The van der Waals surface area contributed by atoms with Gasteiger partial charge in [-0.2, -0.15) is 0 Å². The zero-order chi connectivity index (χ0) is 16.9. The molecule has 1 aromatic carbocycles. The molecule has 6 nitrogen and oxygen atoms in total. The second-order valence-corrected chi connectivity index (χ2v) is 6.04. The highest BCUT2D eigenvalue weighted by Crippen LogP contribution is 2.27. The van der Waals surface area contributed by atoms with Crippen molar-refractivity contribution in [3.8, 4) is 11.5 Å². The molecule has 0 bridgehead atoms. The van der Waals surface area contributed by atoms with Gasteiger partial charge >= 0.3 is 0 Å². The number of halogens is 1. The Labute approximate surface area is 147 Å². The molecular formula is C17H21ClN4O2. The maximum atomic E-state index is 6.19. The number of aromatic nitrogens is 2. The lowest BCUT2D eigenvalue weighted by atomic mass is 10.1. The van der Waals surface area contributed by atoms with Crippen LogP contribution >= 0.6 is 11.6 Å². The van der Waals surface area contributed by atoms with Gasteiger partial charge in [0.15, 0.2) is 5.82 Å². The Bertz CT molecular complexity index is 690. The monoisotopic (exact) mass is 348 g/mol. The predicted octanol–water partition coefficient (Wildman–Crippen LogP) is 2.47. The molecule has 1 saturated heterocycles. The number of piperazine rings is 1. The summed E-state index contributed by atoms with van der Waals surface area (Å²) in [5, 5.41) is 0.598. The van der Waals surface area contributed by atoms with E-state index in [1.54, 1.807) is 20.4 Å². The van der Waals surface area contributed by atoms with Gasteiger partial charge in [0.25, 0.3) is 0 Å². The number of benzene rings is 1. The number of hydrogen-bond acceptors (Lipinski definition) is 6. The molecule has 0 atom stereocenters. The van der Waals surface area contributed by atoms with Gasteiger partial charge in [-0.25, -0.2) is 9.97 Å². The molecule has 1 aliphatic heterocycles. The first kappa shape index (κ1) is 16.8. The van der Waals surface area contributed by atoms with Crippen LogP contribution in [0.4, 0.5) is 5.82 Å². The van der Waals surface area contributed by atoms with E-state index in [2.05, 4.69) is 19.8 Å². The molecule has 0 aliphatic carbocycles. The van der Waals surface area contributed by atoms with Crippen LogP contribution in [0.15, 0.2) is 30.7 Å². The average molecular weight is 349 g/mol. The Morgan fingerprint density at radius 2 is 1.92 bits per heavy atom. The standard InChI is InChI=1S/C17H21ClN4O2/c1-23-14-3-4-16(24-2)13(9-14)11-21-5-7-22(8-6-21)17-15(18)10-19-12-20-17/h3-4,9-10,12H,5-8,11H2,1-2H3. The van der Waals surface area contributed by atoms with Crippen molar-refractivity contribution in [2.45, 2.75) is 6.54 Å². The van der Waals surface area contributed by atoms with E-state index in [4.69, 9.17) is 21.1 Å². The van der Waals surface area contributed by atoms with E-state index in [9.17, 15) is 0 Å². The van der Waals surface area contributed by atoms with Crippen LogP contribution in [0.3, 0.4) is 0 Å². The summed E-state index contributed by atoms with van der Waals surface area (Å²) in [5.74, 6) is 2.54. The average Bonchev–Trinajstić information content (AvgIpc) is 2.63. The Balaban J connectivity index is 1.64. The van der Waals surface area contributed by atoms with Crippen molar-refractivity contribution in [3.05, 3.63) is 41.3 Å². The first-order valence-corrected chi connectivity index (χ1v) is 8.22. The van der Waals surface area contributed by atoms with Gasteiger partial charge in [0.2, 0.25) is 0 Å². The summed E-state index contributed by atoms with van der Waals surface area (Å²) in [6, 6.07) is 5.90. The molecular weight excluding hydrogens is 328 g/mol. The Kier molecular flexibility index (Phi) is 5.37. The maximum absolute atomic E-state index is 6.19. The molecule has 7 heteroatoms. The minimum Gasteiger partial charge on any atom is -0.497 e. The van der Waals surface area contributed by atoms with Gasteiger partial charge in [-0.05, 0) is 18.2 Å². The molecule has 0 N–H and O–H groups in total. The third-order valence-corrected chi connectivity index (χ3v) is 4.47. The van der Waals surface area contributed by atoms with Crippen LogP contribution in [-0.4, -0.2) is 55.3 Å².